The maximum Gasteiger partial charge on any atom is 0.407 e. The summed E-state index contributed by atoms with van der Waals surface area (Å²) in [6.45, 7) is -0.0466. The largest absolute Gasteiger partial charge is 0.445 e. The first-order valence-corrected chi connectivity index (χ1v) is 11.5. The molecule has 0 saturated carbocycles. The van der Waals surface area contributed by atoms with E-state index in [1.165, 1.54) is 0 Å². The molecule has 0 aliphatic heterocycles. The van der Waals surface area contributed by atoms with Crippen molar-refractivity contribution in [3.05, 3.63) is 92.9 Å². The molecule has 1 aromatic heterocycles. The Morgan fingerprint density at radius 1 is 0.941 bits per heavy atom. The number of H-pyrrole nitrogens is 1. The lowest BCUT2D eigenvalue weighted by Gasteiger charge is -2.17. The van der Waals surface area contributed by atoms with E-state index in [9.17, 15) is 14.4 Å². The fraction of sp³-hybridized carbons (Fsp3) is 0.308. The minimum atomic E-state index is -0.649. The molecule has 1 aliphatic rings. The molecule has 0 bridgehead atoms. The maximum atomic E-state index is 12.2. The van der Waals surface area contributed by atoms with Crippen LogP contribution < -0.4 is 16.2 Å². The molecule has 3 aromatic rings. The van der Waals surface area contributed by atoms with Crippen molar-refractivity contribution < 1.29 is 14.3 Å². The highest BCUT2D eigenvalue weighted by molar-refractivity contribution is 5.93. The predicted molar refractivity (Wildman–Crippen MR) is 129 cm³/mol. The van der Waals surface area contributed by atoms with Crippen molar-refractivity contribution in [3.63, 3.8) is 0 Å². The Morgan fingerprint density at radius 2 is 1.71 bits per heavy atom. The van der Waals surface area contributed by atoms with Gasteiger partial charge in [-0.15, -0.1) is 0 Å². The third-order valence-electron chi connectivity index (χ3n) is 5.85. The van der Waals surface area contributed by atoms with Gasteiger partial charge < -0.3 is 15.4 Å². The molecule has 0 fully saturated rings. The van der Waals surface area contributed by atoms with Gasteiger partial charge >= 0.3 is 6.09 Å². The highest BCUT2D eigenvalue weighted by Gasteiger charge is 2.17. The highest BCUT2D eigenvalue weighted by atomic mass is 16.5. The molecular formula is C26H28N4O4. The lowest BCUT2D eigenvalue weighted by molar-refractivity contribution is -0.115. The van der Waals surface area contributed by atoms with Crippen LogP contribution in [0.4, 0.5) is 10.5 Å². The molecule has 2 amide bonds. The Bertz CT molecular complexity index is 1210. The molecule has 8 heteroatoms. The Labute approximate surface area is 197 Å². The van der Waals surface area contributed by atoms with E-state index in [0.717, 1.165) is 60.1 Å². The number of benzene rings is 2. The summed E-state index contributed by atoms with van der Waals surface area (Å²) >= 11 is 0. The van der Waals surface area contributed by atoms with E-state index in [1.807, 2.05) is 48.5 Å². The summed E-state index contributed by atoms with van der Waals surface area (Å²) in [5, 5.41) is 12.2. The van der Waals surface area contributed by atoms with Crippen LogP contribution in [0.3, 0.4) is 0 Å². The van der Waals surface area contributed by atoms with Crippen LogP contribution in [-0.4, -0.2) is 28.7 Å². The lowest BCUT2D eigenvalue weighted by atomic mass is 9.90. The summed E-state index contributed by atoms with van der Waals surface area (Å²) in [6.07, 6.45) is 4.64. The van der Waals surface area contributed by atoms with Crippen LogP contribution in [0.1, 0.15) is 40.8 Å². The van der Waals surface area contributed by atoms with Gasteiger partial charge in [-0.1, -0.05) is 42.5 Å². The first-order valence-electron chi connectivity index (χ1n) is 11.5. The average Bonchev–Trinajstić information content (AvgIpc) is 2.87. The van der Waals surface area contributed by atoms with Crippen molar-refractivity contribution in [1.29, 1.82) is 0 Å². The molecular weight excluding hydrogens is 432 g/mol. The Balaban J connectivity index is 1.26. The standard InChI is InChI=1S/C26H28N4O4/c31-24(16-27-26(33)34-17-19-7-2-1-3-8-19)28-20-10-6-9-18(15-20)13-14-23-21-11-4-5-12-22(21)25(32)30-29-23/h1-3,6-10,15H,4-5,11-14,16-17H2,(H,27,33)(H,28,31)(H,30,32). The van der Waals surface area contributed by atoms with E-state index in [4.69, 9.17) is 4.74 Å². The van der Waals surface area contributed by atoms with E-state index in [1.54, 1.807) is 6.07 Å². The molecule has 0 atom stereocenters. The van der Waals surface area contributed by atoms with Gasteiger partial charge in [-0.25, -0.2) is 9.89 Å². The summed E-state index contributed by atoms with van der Waals surface area (Å²) in [6, 6.07) is 16.9. The Kier molecular flexibility index (Phi) is 7.70. The van der Waals surface area contributed by atoms with Gasteiger partial charge in [0.25, 0.3) is 5.56 Å². The zero-order valence-electron chi connectivity index (χ0n) is 18.9. The number of ether oxygens (including phenoxy) is 1. The molecule has 8 nitrogen and oxygen atoms in total. The van der Waals surface area contributed by atoms with Crippen LogP contribution in [0.2, 0.25) is 0 Å². The fourth-order valence-corrected chi connectivity index (χ4v) is 4.13. The first-order chi connectivity index (χ1) is 16.6. The molecule has 34 heavy (non-hydrogen) atoms. The minimum Gasteiger partial charge on any atom is -0.445 e. The summed E-state index contributed by atoms with van der Waals surface area (Å²) in [7, 11) is 0. The second kappa shape index (κ2) is 11.3. The third kappa shape index (κ3) is 6.31. The second-order valence-corrected chi connectivity index (χ2v) is 8.33. The average molecular weight is 461 g/mol. The molecule has 4 rings (SSSR count). The number of alkyl carbamates (subject to hydrolysis) is 1. The predicted octanol–water partition coefficient (Wildman–Crippen LogP) is 3.30. The van der Waals surface area contributed by atoms with Crippen LogP contribution >= 0.6 is 0 Å². The lowest BCUT2D eigenvalue weighted by Crippen LogP contribution is -2.33. The molecule has 0 radical (unpaired) electrons. The van der Waals surface area contributed by atoms with Gasteiger partial charge in [0, 0.05) is 11.3 Å². The molecule has 0 spiro atoms. The number of nitrogens with one attached hydrogen (secondary N) is 3. The third-order valence-corrected chi connectivity index (χ3v) is 5.85. The zero-order valence-corrected chi connectivity index (χ0v) is 18.9. The quantitative estimate of drug-likeness (QED) is 0.477. The van der Waals surface area contributed by atoms with Crippen LogP contribution in [0.15, 0.2) is 59.4 Å². The van der Waals surface area contributed by atoms with Crippen molar-refractivity contribution >= 4 is 17.7 Å². The van der Waals surface area contributed by atoms with Gasteiger partial charge in [-0.2, -0.15) is 5.10 Å². The first kappa shape index (κ1) is 23.2. The normalized spacial score (nSPS) is 12.5. The number of nitrogens with zero attached hydrogens (tertiary/aromatic N) is 1. The summed E-state index contributed by atoms with van der Waals surface area (Å²) in [5.74, 6) is -0.342. The number of hydrogen-bond donors (Lipinski definition) is 3. The second-order valence-electron chi connectivity index (χ2n) is 8.33. The van der Waals surface area contributed by atoms with Gasteiger partial charge in [0.05, 0.1) is 5.69 Å². The molecule has 176 valence electrons. The van der Waals surface area contributed by atoms with Gasteiger partial charge in [-0.3, -0.25) is 9.59 Å². The smallest absolute Gasteiger partial charge is 0.407 e. The van der Waals surface area contributed by atoms with Crippen LogP contribution in [0, 0.1) is 0 Å². The number of aromatic amines is 1. The molecule has 1 heterocycles. The topological polar surface area (TPSA) is 113 Å². The van der Waals surface area contributed by atoms with Crippen molar-refractivity contribution in [2.24, 2.45) is 0 Å². The number of carbonyl (C=O) groups is 2. The molecule has 1 aliphatic carbocycles. The van der Waals surface area contributed by atoms with Gasteiger partial charge in [0.2, 0.25) is 5.91 Å². The van der Waals surface area contributed by atoms with Gasteiger partial charge in [0.15, 0.2) is 0 Å². The minimum absolute atomic E-state index is 0.0688. The summed E-state index contributed by atoms with van der Waals surface area (Å²) in [4.78, 5) is 36.1. The number of amides is 2. The van der Waals surface area contributed by atoms with Crippen LogP contribution in [0.25, 0.3) is 0 Å². The number of hydrogen-bond acceptors (Lipinski definition) is 5. The molecule has 2 aromatic carbocycles. The van der Waals surface area contributed by atoms with Crippen molar-refractivity contribution in [2.45, 2.75) is 45.1 Å². The van der Waals surface area contributed by atoms with E-state index in [-0.39, 0.29) is 24.6 Å². The maximum absolute atomic E-state index is 12.2. The number of rotatable bonds is 8. The number of aryl methyl sites for hydroxylation is 2. The number of fused-ring (bicyclic) bond motifs is 1. The van der Waals surface area contributed by atoms with Crippen molar-refractivity contribution in [1.82, 2.24) is 15.5 Å². The fourth-order valence-electron chi connectivity index (χ4n) is 4.13. The molecule has 3 N–H and O–H groups in total. The van der Waals surface area contributed by atoms with Gasteiger partial charge in [0.1, 0.15) is 13.2 Å². The SMILES string of the molecule is O=C(CNC(=O)OCc1ccccc1)Nc1cccc(CCc2n[nH]c(=O)c3c2CCCC3)c1. The highest BCUT2D eigenvalue weighted by Crippen LogP contribution is 2.21. The van der Waals surface area contributed by atoms with Gasteiger partial charge in [-0.05, 0) is 67.3 Å². The number of carbonyl (C=O) groups excluding carboxylic acids is 2. The molecule has 0 saturated heterocycles. The monoisotopic (exact) mass is 460 g/mol. The van der Waals surface area contributed by atoms with Crippen LogP contribution in [-0.2, 0) is 41.8 Å². The van der Waals surface area contributed by atoms with Crippen molar-refractivity contribution in [2.75, 3.05) is 11.9 Å². The van der Waals surface area contributed by atoms with E-state index in [0.29, 0.717) is 12.1 Å². The Morgan fingerprint density at radius 3 is 2.53 bits per heavy atom. The molecule has 0 unspecified atom stereocenters. The number of aromatic nitrogens is 2. The Hall–Kier alpha value is -3.94. The van der Waals surface area contributed by atoms with E-state index < -0.39 is 6.09 Å². The van der Waals surface area contributed by atoms with Crippen LogP contribution in [0.5, 0.6) is 0 Å². The summed E-state index contributed by atoms with van der Waals surface area (Å²) < 4.78 is 5.11. The summed E-state index contributed by atoms with van der Waals surface area (Å²) in [5.41, 5.74) is 5.43. The van der Waals surface area contributed by atoms with E-state index in [2.05, 4.69) is 20.8 Å². The zero-order chi connectivity index (χ0) is 23.8. The number of anilines is 1. The van der Waals surface area contributed by atoms with E-state index >= 15 is 0 Å². The van der Waals surface area contributed by atoms with Crippen molar-refractivity contribution in [3.8, 4) is 0 Å².